The maximum absolute atomic E-state index is 13.5. The van der Waals surface area contributed by atoms with Crippen molar-refractivity contribution >= 4 is 17.4 Å². The summed E-state index contributed by atoms with van der Waals surface area (Å²) in [5.41, 5.74) is 10.3. The first-order valence-corrected chi connectivity index (χ1v) is 7.66. The zero-order valence-corrected chi connectivity index (χ0v) is 14.3. The minimum absolute atomic E-state index is 0.0315. The van der Waals surface area contributed by atoms with E-state index >= 15 is 0 Å². The van der Waals surface area contributed by atoms with Gasteiger partial charge in [0.05, 0.1) is 5.56 Å². The summed E-state index contributed by atoms with van der Waals surface area (Å²) in [6.45, 7) is 7.85. The van der Waals surface area contributed by atoms with Gasteiger partial charge in [-0.1, -0.05) is 6.07 Å². The van der Waals surface area contributed by atoms with Gasteiger partial charge in [0.2, 0.25) is 0 Å². The second kappa shape index (κ2) is 6.83. The van der Waals surface area contributed by atoms with Gasteiger partial charge in [-0.2, -0.15) is 0 Å². The molecule has 2 aromatic carbocycles. The van der Waals surface area contributed by atoms with Gasteiger partial charge in [-0.15, -0.1) is 0 Å². The number of nitrogens with one attached hydrogen (secondary N) is 1. The zero-order valence-electron chi connectivity index (χ0n) is 14.3. The number of ketones is 1. The summed E-state index contributed by atoms with van der Waals surface area (Å²) in [4.78, 5) is 23.1. The number of halogens is 1. The van der Waals surface area contributed by atoms with Crippen molar-refractivity contribution in [1.29, 1.82) is 0 Å². The highest BCUT2D eigenvalue weighted by Gasteiger charge is 2.14. The van der Waals surface area contributed by atoms with Crippen LogP contribution in [-0.4, -0.2) is 11.7 Å². The standard InChI is InChI=1S/C19H21FN2O2/c1-10-7-11(2)18(13(4)23)12(3)16(10)9-22-14-5-6-17(20)15(8-14)19(21)24/h5-8,22H,9H2,1-4H3,(H2,21,24). The minimum Gasteiger partial charge on any atom is -0.381 e. The lowest BCUT2D eigenvalue weighted by Gasteiger charge is -2.17. The van der Waals surface area contributed by atoms with E-state index in [1.807, 2.05) is 26.8 Å². The molecule has 4 nitrogen and oxygen atoms in total. The van der Waals surface area contributed by atoms with Gasteiger partial charge >= 0.3 is 0 Å². The highest BCUT2D eigenvalue weighted by Crippen LogP contribution is 2.24. The van der Waals surface area contributed by atoms with E-state index in [1.54, 1.807) is 13.0 Å². The summed E-state index contributed by atoms with van der Waals surface area (Å²) in [5, 5.41) is 3.16. The summed E-state index contributed by atoms with van der Waals surface area (Å²) in [6, 6.07) is 6.13. The molecule has 1 amide bonds. The van der Waals surface area contributed by atoms with Crippen LogP contribution in [-0.2, 0) is 6.54 Å². The molecule has 0 saturated carbocycles. The van der Waals surface area contributed by atoms with Crippen molar-refractivity contribution in [3.63, 3.8) is 0 Å². The first kappa shape index (κ1) is 17.7. The fourth-order valence-corrected chi connectivity index (χ4v) is 3.05. The van der Waals surface area contributed by atoms with Crippen molar-refractivity contribution in [3.05, 3.63) is 63.5 Å². The van der Waals surface area contributed by atoms with Crippen LogP contribution in [0.15, 0.2) is 24.3 Å². The van der Waals surface area contributed by atoms with Crippen LogP contribution >= 0.6 is 0 Å². The summed E-state index contributed by atoms with van der Waals surface area (Å²) < 4.78 is 13.5. The van der Waals surface area contributed by atoms with E-state index in [-0.39, 0.29) is 11.3 Å². The molecular weight excluding hydrogens is 307 g/mol. The van der Waals surface area contributed by atoms with Crippen molar-refractivity contribution in [1.82, 2.24) is 0 Å². The first-order chi connectivity index (χ1) is 11.2. The van der Waals surface area contributed by atoms with Crippen LogP contribution in [0.5, 0.6) is 0 Å². The maximum atomic E-state index is 13.5. The van der Waals surface area contributed by atoms with Gasteiger partial charge < -0.3 is 11.1 Å². The summed E-state index contributed by atoms with van der Waals surface area (Å²) in [7, 11) is 0. The van der Waals surface area contributed by atoms with Crippen molar-refractivity contribution in [3.8, 4) is 0 Å². The molecule has 3 N–H and O–H groups in total. The molecule has 5 heteroatoms. The van der Waals surface area contributed by atoms with Crippen molar-refractivity contribution in [2.24, 2.45) is 5.73 Å². The predicted octanol–water partition coefficient (Wildman–Crippen LogP) is 3.66. The number of aryl methyl sites for hydroxylation is 2. The number of carbonyl (C=O) groups is 2. The number of Topliss-reactive ketones (excluding diaryl/α,β-unsaturated/α-hetero) is 1. The highest BCUT2D eigenvalue weighted by molar-refractivity contribution is 5.97. The Bertz CT molecular complexity index is 829. The molecule has 126 valence electrons. The van der Waals surface area contributed by atoms with Gasteiger partial charge in [-0.25, -0.2) is 4.39 Å². The number of nitrogens with two attached hydrogens (primary N) is 1. The van der Waals surface area contributed by atoms with E-state index in [1.165, 1.54) is 12.1 Å². The molecule has 2 aromatic rings. The third kappa shape index (κ3) is 3.45. The topological polar surface area (TPSA) is 72.2 Å². The van der Waals surface area contributed by atoms with Gasteiger partial charge in [0, 0.05) is 17.8 Å². The van der Waals surface area contributed by atoms with E-state index in [0.29, 0.717) is 12.2 Å². The van der Waals surface area contributed by atoms with Gasteiger partial charge in [0.25, 0.3) is 5.91 Å². The van der Waals surface area contributed by atoms with E-state index in [2.05, 4.69) is 5.32 Å². The number of hydrogen-bond donors (Lipinski definition) is 2. The molecule has 0 aliphatic rings. The Morgan fingerprint density at radius 1 is 1.12 bits per heavy atom. The van der Waals surface area contributed by atoms with Gasteiger partial charge in [-0.05, 0) is 68.1 Å². The molecule has 0 fully saturated rings. The Hall–Kier alpha value is -2.69. The molecule has 0 spiro atoms. The van der Waals surface area contributed by atoms with Gasteiger partial charge in [-0.3, -0.25) is 9.59 Å². The second-order valence-electron chi connectivity index (χ2n) is 5.96. The lowest BCUT2D eigenvalue weighted by atomic mass is 9.91. The molecular formula is C19H21FN2O2. The number of carbonyl (C=O) groups excluding carboxylic acids is 2. The predicted molar refractivity (Wildman–Crippen MR) is 92.9 cm³/mol. The van der Waals surface area contributed by atoms with Crippen LogP contribution in [0.25, 0.3) is 0 Å². The van der Waals surface area contributed by atoms with E-state index in [9.17, 15) is 14.0 Å². The largest absolute Gasteiger partial charge is 0.381 e. The van der Waals surface area contributed by atoms with Crippen LogP contribution in [0.3, 0.4) is 0 Å². The summed E-state index contributed by atoms with van der Waals surface area (Å²) in [5.74, 6) is -1.42. The van der Waals surface area contributed by atoms with Crippen LogP contribution in [0, 0.1) is 26.6 Å². The van der Waals surface area contributed by atoms with E-state index in [0.717, 1.165) is 27.8 Å². The maximum Gasteiger partial charge on any atom is 0.251 e. The molecule has 0 radical (unpaired) electrons. The molecule has 0 heterocycles. The quantitative estimate of drug-likeness (QED) is 0.823. The van der Waals surface area contributed by atoms with Crippen molar-refractivity contribution < 1.29 is 14.0 Å². The Morgan fingerprint density at radius 2 is 1.79 bits per heavy atom. The van der Waals surface area contributed by atoms with Crippen LogP contribution in [0.2, 0.25) is 0 Å². The molecule has 0 atom stereocenters. The minimum atomic E-state index is -0.808. The van der Waals surface area contributed by atoms with Crippen molar-refractivity contribution in [2.45, 2.75) is 34.2 Å². The normalized spacial score (nSPS) is 10.5. The fourth-order valence-electron chi connectivity index (χ4n) is 3.05. The van der Waals surface area contributed by atoms with Crippen molar-refractivity contribution in [2.75, 3.05) is 5.32 Å². The van der Waals surface area contributed by atoms with Crippen LogP contribution in [0.4, 0.5) is 10.1 Å². The molecule has 2 rings (SSSR count). The first-order valence-electron chi connectivity index (χ1n) is 7.66. The van der Waals surface area contributed by atoms with Crippen LogP contribution < -0.4 is 11.1 Å². The fraction of sp³-hybridized carbons (Fsp3) is 0.263. The molecule has 0 bridgehead atoms. The lowest BCUT2D eigenvalue weighted by Crippen LogP contribution is -2.14. The van der Waals surface area contributed by atoms with Crippen LogP contribution in [0.1, 0.15) is 49.9 Å². The SMILES string of the molecule is CC(=O)c1c(C)cc(C)c(CNc2ccc(F)c(C(N)=O)c2)c1C. The average Bonchev–Trinajstić information content (AvgIpc) is 2.47. The van der Waals surface area contributed by atoms with Gasteiger partial charge in [0.1, 0.15) is 5.82 Å². The number of rotatable bonds is 5. The molecule has 0 unspecified atom stereocenters. The van der Waals surface area contributed by atoms with E-state index < -0.39 is 11.7 Å². The molecule has 0 aliphatic carbocycles. The Morgan fingerprint density at radius 3 is 2.38 bits per heavy atom. The molecule has 0 saturated heterocycles. The Balaban J connectivity index is 2.33. The summed E-state index contributed by atoms with van der Waals surface area (Å²) in [6.07, 6.45) is 0. The third-order valence-electron chi connectivity index (χ3n) is 4.18. The lowest BCUT2D eigenvalue weighted by molar-refractivity contribution is 0.0992. The Labute approximate surface area is 140 Å². The smallest absolute Gasteiger partial charge is 0.251 e. The summed E-state index contributed by atoms with van der Waals surface area (Å²) >= 11 is 0. The monoisotopic (exact) mass is 328 g/mol. The van der Waals surface area contributed by atoms with E-state index in [4.69, 9.17) is 5.73 Å². The molecule has 0 aromatic heterocycles. The average molecular weight is 328 g/mol. The number of benzene rings is 2. The number of primary amides is 1. The molecule has 0 aliphatic heterocycles. The zero-order chi connectivity index (χ0) is 18.0. The molecule has 24 heavy (non-hydrogen) atoms. The second-order valence-corrected chi connectivity index (χ2v) is 5.96. The highest BCUT2D eigenvalue weighted by atomic mass is 19.1. The number of anilines is 1. The Kier molecular flexibility index (Phi) is 5.02. The third-order valence-corrected chi connectivity index (χ3v) is 4.18. The number of amides is 1. The number of hydrogen-bond acceptors (Lipinski definition) is 3. The van der Waals surface area contributed by atoms with Gasteiger partial charge in [0.15, 0.2) is 5.78 Å².